The molecular formula is C16H21N3O2. The van der Waals surface area contributed by atoms with E-state index in [4.69, 9.17) is 9.47 Å². The molecule has 2 aromatic rings. The van der Waals surface area contributed by atoms with Gasteiger partial charge in [-0.1, -0.05) is 25.5 Å². The van der Waals surface area contributed by atoms with Gasteiger partial charge in [-0.25, -0.2) is 4.98 Å². The van der Waals surface area contributed by atoms with Crippen molar-refractivity contribution < 1.29 is 9.47 Å². The summed E-state index contributed by atoms with van der Waals surface area (Å²) in [5.41, 5.74) is 1.31. The van der Waals surface area contributed by atoms with Crippen molar-refractivity contribution in [2.24, 2.45) is 0 Å². The minimum Gasteiger partial charge on any atom is -0.439 e. The van der Waals surface area contributed by atoms with E-state index in [1.807, 2.05) is 19.2 Å². The highest BCUT2D eigenvalue weighted by Gasteiger charge is 2.06. The number of aromatic nitrogens is 2. The third kappa shape index (κ3) is 4.43. The number of methoxy groups -OCH3 is 1. The number of ether oxygens (including phenoxy) is 2. The van der Waals surface area contributed by atoms with Crippen molar-refractivity contribution in [3.05, 3.63) is 41.7 Å². The predicted octanol–water partition coefficient (Wildman–Crippen LogP) is 3.41. The van der Waals surface area contributed by atoms with Crippen LogP contribution in [-0.2, 0) is 17.8 Å². The van der Waals surface area contributed by atoms with E-state index in [0.717, 1.165) is 18.6 Å². The molecule has 0 aliphatic rings. The molecule has 5 heteroatoms. The first-order valence-corrected chi connectivity index (χ1v) is 7.06. The van der Waals surface area contributed by atoms with Gasteiger partial charge in [-0.3, -0.25) is 0 Å². The Morgan fingerprint density at radius 3 is 2.52 bits per heavy atom. The van der Waals surface area contributed by atoms with E-state index in [-0.39, 0.29) is 0 Å². The van der Waals surface area contributed by atoms with Crippen molar-refractivity contribution >= 4 is 5.82 Å². The Kier molecular flexibility index (Phi) is 5.51. The van der Waals surface area contributed by atoms with Gasteiger partial charge in [0.05, 0.1) is 0 Å². The molecule has 21 heavy (non-hydrogen) atoms. The molecule has 1 aromatic heterocycles. The summed E-state index contributed by atoms with van der Waals surface area (Å²) in [6, 6.07) is 9.84. The van der Waals surface area contributed by atoms with E-state index in [1.54, 1.807) is 13.2 Å². The van der Waals surface area contributed by atoms with Gasteiger partial charge in [-0.05, 0) is 24.1 Å². The number of nitrogens with zero attached hydrogens (tertiary/aromatic N) is 2. The number of benzene rings is 1. The summed E-state index contributed by atoms with van der Waals surface area (Å²) in [7, 11) is 3.42. The quantitative estimate of drug-likeness (QED) is 0.845. The topological polar surface area (TPSA) is 56.3 Å². The molecule has 1 N–H and O–H groups in total. The second kappa shape index (κ2) is 7.59. The summed E-state index contributed by atoms with van der Waals surface area (Å²) in [4.78, 5) is 8.62. The summed E-state index contributed by atoms with van der Waals surface area (Å²) in [5.74, 6) is 2.56. The summed E-state index contributed by atoms with van der Waals surface area (Å²) in [5, 5.41) is 2.99. The zero-order valence-corrected chi connectivity index (χ0v) is 12.7. The van der Waals surface area contributed by atoms with Gasteiger partial charge >= 0.3 is 0 Å². The van der Waals surface area contributed by atoms with Crippen LogP contribution >= 0.6 is 0 Å². The lowest BCUT2D eigenvalue weighted by atomic mass is 10.1. The number of anilines is 1. The normalized spacial score (nSPS) is 10.4. The van der Waals surface area contributed by atoms with Crippen molar-refractivity contribution in [1.29, 1.82) is 0 Å². The zero-order chi connectivity index (χ0) is 15.1. The molecule has 0 unspecified atom stereocenters. The SMILES string of the molecule is CCCc1ccc(Oc2cc(NC)nc(COC)n2)cc1. The van der Waals surface area contributed by atoms with Crippen LogP contribution in [0.4, 0.5) is 5.82 Å². The molecule has 112 valence electrons. The van der Waals surface area contributed by atoms with Crippen molar-refractivity contribution in [2.75, 3.05) is 19.5 Å². The van der Waals surface area contributed by atoms with Crippen LogP contribution in [-0.4, -0.2) is 24.1 Å². The first kappa shape index (κ1) is 15.3. The van der Waals surface area contributed by atoms with E-state index in [2.05, 4.69) is 34.3 Å². The Labute approximate surface area is 125 Å². The number of hydrogen-bond acceptors (Lipinski definition) is 5. The van der Waals surface area contributed by atoms with E-state index >= 15 is 0 Å². The van der Waals surface area contributed by atoms with Crippen molar-refractivity contribution in [2.45, 2.75) is 26.4 Å². The van der Waals surface area contributed by atoms with E-state index < -0.39 is 0 Å². The molecule has 0 saturated carbocycles. The van der Waals surface area contributed by atoms with E-state index in [0.29, 0.717) is 24.1 Å². The number of nitrogens with one attached hydrogen (secondary N) is 1. The molecule has 0 saturated heterocycles. The van der Waals surface area contributed by atoms with Gasteiger partial charge in [-0.2, -0.15) is 4.98 Å². The van der Waals surface area contributed by atoms with Gasteiger partial charge in [0.2, 0.25) is 5.88 Å². The molecule has 0 fully saturated rings. The Bertz CT molecular complexity index is 570. The van der Waals surface area contributed by atoms with Crippen molar-refractivity contribution in [3.8, 4) is 11.6 Å². The van der Waals surface area contributed by atoms with Gasteiger partial charge in [0.1, 0.15) is 18.2 Å². The van der Waals surface area contributed by atoms with Gasteiger partial charge in [0.25, 0.3) is 0 Å². The molecule has 0 aliphatic heterocycles. The fourth-order valence-electron chi connectivity index (χ4n) is 1.98. The average Bonchev–Trinajstić information content (AvgIpc) is 2.49. The van der Waals surface area contributed by atoms with Gasteiger partial charge in [-0.15, -0.1) is 0 Å². The molecular weight excluding hydrogens is 266 g/mol. The average molecular weight is 287 g/mol. The van der Waals surface area contributed by atoms with E-state index in [1.165, 1.54) is 5.56 Å². The van der Waals surface area contributed by atoms with Crippen LogP contribution in [0.1, 0.15) is 24.7 Å². The summed E-state index contributed by atoms with van der Waals surface area (Å²) in [6.45, 7) is 2.52. The maximum Gasteiger partial charge on any atom is 0.224 e. The maximum atomic E-state index is 5.79. The molecule has 1 heterocycles. The highest BCUT2D eigenvalue weighted by atomic mass is 16.5. The zero-order valence-electron chi connectivity index (χ0n) is 12.7. The third-order valence-electron chi connectivity index (χ3n) is 2.96. The molecule has 0 atom stereocenters. The third-order valence-corrected chi connectivity index (χ3v) is 2.96. The van der Waals surface area contributed by atoms with Crippen LogP contribution in [0.25, 0.3) is 0 Å². The first-order valence-electron chi connectivity index (χ1n) is 7.06. The van der Waals surface area contributed by atoms with Crippen LogP contribution in [0.3, 0.4) is 0 Å². The lowest BCUT2D eigenvalue weighted by molar-refractivity contribution is 0.177. The maximum absolute atomic E-state index is 5.79. The fourth-order valence-corrected chi connectivity index (χ4v) is 1.98. The lowest BCUT2D eigenvalue weighted by Crippen LogP contribution is -2.03. The summed E-state index contributed by atoms with van der Waals surface area (Å²) < 4.78 is 10.9. The van der Waals surface area contributed by atoms with Crippen LogP contribution < -0.4 is 10.1 Å². The Morgan fingerprint density at radius 2 is 1.90 bits per heavy atom. The van der Waals surface area contributed by atoms with Crippen molar-refractivity contribution in [3.63, 3.8) is 0 Å². The molecule has 0 radical (unpaired) electrons. The summed E-state index contributed by atoms with van der Waals surface area (Å²) in [6.07, 6.45) is 2.22. The van der Waals surface area contributed by atoms with Gasteiger partial charge in [0.15, 0.2) is 5.82 Å². The van der Waals surface area contributed by atoms with E-state index in [9.17, 15) is 0 Å². The molecule has 0 amide bonds. The van der Waals surface area contributed by atoms with Crippen LogP contribution in [0.5, 0.6) is 11.6 Å². The number of rotatable bonds is 7. The second-order valence-corrected chi connectivity index (χ2v) is 4.69. The fraction of sp³-hybridized carbons (Fsp3) is 0.375. The molecule has 2 rings (SSSR count). The smallest absolute Gasteiger partial charge is 0.224 e. The van der Waals surface area contributed by atoms with Crippen LogP contribution in [0, 0.1) is 0 Å². The highest BCUT2D eigenvalue weighted by molar-refractivity contribution is 5.39. The molecule has 5 nitrogen and oxygen atoms in total. The predicted molar refractivity (Wildman–Crippen MR) is 82.8 cm³/mol. The Morgan fingerprint density at radius 1 is 1.14 bits per heavy atom. The minimum absolute atomic E-state index is 0.349. The first-order chi connectivity index (χ1) is 10.2. The lowest BCUT2D eigenvalue weighted by Gasteiger charge is -2.09. The summed E-state index contributed by atoms with van der Waals surface area (Å²) >= 11 is 0. The van der Waals surface area contributed by atoms with Gasteiger partial charge < -0.3 is 14.8 Å². The highest BCUT2D eigenvalue weighted by Crippen LogP contribution is 2.22. The standard InChI is InChI=1S/C16H21N3O2/c1-4-5-12-6-8-13(9-7-12)21-16-10-14(17-2)18-15(19-16)11-20-3/h6-10H,4-5,11H2,1-3H3,(H,17,18,19). The molecule has 1 aromatic carbocycles. The number of hydrogen-bond donors (Lipinski definition) is 1. The second-order valence-electron chi connectivity index (χ2n) is 4.69. The number of aryl methyl sites for hydroxylation is 1. The van der Waals surface area contributed by atoms with Crippen molar-refractivity contribution in [1.82, 2.24) is 9.97 Å². The molecule has 0 bridgehead atoms. The minimum atomic E-state index is 0.349. The largest absolute Gasteiger partial charge is 0.439 e. The monoisotopic (exact) mass is 287 g/mol. The Hall–Kier alpha value is -2.14. The molecule has 0 spiro atoms. The van der Waals surface area contributed by atoms with Gasteiger partial charge in [0, 0.05) is 20.2 Å². The van der Waals surface area contributed by atoms with Crippen LogP contribution in [0.2, 0.25) is 0 Å². The molecule has 0 aliphatic carbocycles. The van der Waals surface area contributed by atoms with Crippen LogP contribution in [0.15, 0.2) is 30.3 Å². The Balaban J connectivity index is 2.15.